The molecule has 1 heterocycles. The Hall–Kier alpha value is -3.22. The Morgan fingerprint density at radius 3 is 2.32 bits per heavy atom. The number of anilines is 1. The van der Waals surface area contributed by atoms with Crippen LogP contribution in [0.3, 0.4) is 0 Å². The van der Waals surface area contributed by atoms with E-state index in [1.54, 1.807) is 27.4 Å². The number of carbonyl (C=O) groups excluding carboxylic acids is 1. The highest BCUT2D eigenvalue weighted by Crippen LogP contribution is 2.50. The van der Waals surface area contributed by atoms with Crippen molar-refractivity contribution in [2.45, 2.75) is 45.6 Å². The van der Waals surface area contributed by atoms with Crippen LogP contribution in [0.5, 0.6) is 17.2 Å². The first-order valence-corrected chi connectivity index (χ1v) is 11.9. The summed E-state index contributed by atoms with van der Waals surface area (Å²) < 4.78 is 17.1. The van der Waals surface area contributed by atoms with Crippen molar-refractivity contribution in [3.8, 4) is 28.4 Å². The first-order valence-electron chi connectivity index (χ1n) is 11.9. The van der Waals surface area contributed by atoms with E-state index in [9.17, 15) is 9.59 Å². The number of fused-ring (bicyclic) bond motifs is 3. The highest BCUT2D eigenvalue weighted by atomic mass is 16.5. The molecule has 0 bridgehead atoms. The summed E-state index contributed by atoms with van der Waals surface area (Å²) in [5.41, 5.74) is 4.21. The molecule has 182 valence electrons. The molecule has 7 nitrogen and oxygen atoms in total. The van der Waals surface area contributed by atoms with Crippen molar-refractivity contribution in [1.29, 1.82) is 0 Å². The SMILES string of the molecule is COc1cc2c(c(OC)c1OC)-c1ccc(N3CCC(C)CC3)c(=O)cc1[C@@H](NC(C)=O)CC2. The van der Waals surface area contributed by atoms with Gasteiger partial charge >= 0.3 is 0 Å². The Bertz CT molecular complexity index is 1140. The smallest absolute Gasteiger partial charge is 0.217 e. The topological polar surface area (TPSA) is 77.1 Å². The fourth-order valence-electron chi connectivity index (χ4n) is 5.21. The van der Waals surface area contributed by atoms with Crippen LogP contribution >= 0.6 is 0 Å². The van der Waals surface area contributed by atoms with Crippen molar-refractivity contribution in [1.82, 2.24) is 5.32 Å². The van der Waals surface area contributed by atoms with Crippen LogP contribution in [0, 0.1) is 5.92 Å². The van der Waals surface area contributed by atoms with Crippen LogP contribution < -0.4 is 29.9 Å². The summed E-state index contributed by atoms with van der Waals surface area (Å²) in [7, 11) is 4.79. The minimum Gasteiger partial charge on any atom is -0.493 e. The van der Waals surface area contributed by atoms with Gasteiger partial charge in [0.2, 0.25) is 17.1 Å². The summed E-state index contributed by atoms with van der Waals surface area (Å²) in [5.74, 6) is 2.20. The van der Waals surface area contributed by atoms with Gasteiger partial charge in [0.05, 0.1) is 33.1 Å². The Balaban J connectivity index is 1.97. The van der Waals surface area contributed by atoms with E-state index < -0.39 is 0 Å². The van der Waals surface area contributed by atoms with E-state index in [4.69, 9.17) is 14.2 Å². The quantitative estimate of drug-likeness (QED) is 0.715. The number of nitrogens with zero attached hydrogens (tertiary/aromatic N) is 1. The van der Waals surface area contributed by atoms with Gasteiger partial charge in [-0.1, -0.05) is 13.0 Å². The first kappa shape index (κ1) is 23.9. The van der Waals surface area contributed by atoms with Crippen molar-refractivity contribution in [3.63, 3.8) is 0 Å². The number of hydrogen-bond acceptors (Lipinski definition) is 6. The molecule has 0 radical (unpaired) electrons. The lowest BCUT2D eigenvalue weighted by molar-refractivity contribution is -0.119. The van der Waals surface area contributed by atoms with Crippen molar-refractivity contribution in [2.24, 2.45) is 5.92 Å². The number of carbonyl (C=O) groups is 1. The maximum absolute atomic E-state index is 13.5. The standard InChI is InChI=1S/C27H34N2O5/c1-16-10-12-29(13-11-16)22-9-7-19-20(15-23(22)31)21(28-17(2)30)8-6-18-14-24(32-3)26(33-4)27(34-5)25(18)19/h7,9,14-16,21H,6,8,10-13H2,1-5H3,(H,28,30)/t21-/m0/s1. The Morgan fingerprint density at radius 1 is 1.00 bits per heavy atom. The predicted molar refractivity (Wildman–Crippen MR) is 133 cm³/mol. The summed E-state index contributed by atoms with van der Waals surface area (Å²) in [6.07, 6.45) is 3.47. The lowest BCUT2D eigenvalue weighted by Gasteiger charge is -2.31. The zero-order chi connectivity index (χ0) is 24.4. The molecule has 1 amide bonds. The van der Waals surface area contributed by atoms with Gasteiger partial charge < -0.3 is 24.4 Å². The van der Waals surface area contributed by atoms with Crippen LogP contribution in [0.15, 0.2) is 29.1 Å². The van der Waals surface area contributed by atoms with Crippen molar-refractivity contribution in [3.05, 3.63) is 45.6 Å². The molecular weight excluding hydrogens is 432 g/mol. The number of hydrogen-bond donors (Lipinski definition) is 1. The minimum atomic E-state index is -0.295. The van der Waals surface area contributed by atoms with Crippen LogP contribution in [-0.2, 0) is 11.2 Å². The number of amides is 1. The van der Waals surface area contributed by atoms with E-state index >= 15 is 0 Å². The Morgan fingerprint density at radius 2 is 1.71 bits per heavy atom. The van der Waals surface area contributed by atoms with Gasteiger partial charge in [-0.05, 0) is 66.5 Å². The summed E-state index contributed by atoms with van der Waals surface area (Å²) in [5, 5.41) is 3.06. The van der Waals surface area contributed by atoms with Crippen LogP contribution in [0.1, 0.15) is 50.3 Å². The van der Waals surface area contributed by atoms with Gasteiger partial charge in [0.1, 0.15) is 0 Å². The Labute approximate surface area is 201 Å². The molecule has 2 aromatic carbocycles. The second-order valence-corrected chi connectivity index (χ2v) is 9.24. The number of methoxy groups -OCH3 is 3. The normalized spacial score (nSPS) is 17.8. The van der Waals surface area contributed by atoms with Gasteiger partial charge in [0.25, 0.3) is 0 Å². The largest absolute Gasteiger partial charge is 0.493 e. The highest BCUT2D eigenvalue weighted by molar-refractivity contribution is 5.83. The summed E-state index contributed by atoms with van der Waals surface area (Å²) in [6.45, 7) is 5.49. The lowest BCUT2D eigenvalue weighted by atomic mass is 9.95. The third-order valence-electron chi connectivity index (χ3n) is 7.02. The molecule has 0 spiro atoms. The number of piperidine rings is 1. The fourth-order valence-corrected chi connectivity index (χ4v) is 5.21. The molecule has 1 aliphatic carbocycles. The van der Waals surface area contributed by atoms with E-state index in [0.29, 0.717) is 41.7 Å². The number of ether oxygens (including phenoxy) is 3. The maximum Gasteiger partial charge on any atom is 0.217 e. The second-order valence-electron chi connectivity index (χ2n) is 9.24. The van der Waals surface area contributed by atoms with Crippen molar-refractivity contribution >= 4 is 11.6 Å². The van der Waals surface area contributed by atoms with Gasteiger partial charge in [-0.25, -0.2) is 0 Å². The fraction of sp³-hybridized carbons (Fsp3) is 0.481. The third kappa shape index (κ3) is 4.43. The molecule has 7 heteroatoms. The molecular formula is C27H34N2O5. The monoisotopic (exact) mass is 466 g/mol. The summed E-state index contributed by atoms with van der Waals surface area (Å²) in [6, 6.07) is 7.30. The molecule has 0 unspecified atom stereocenters. The molecule has 1 saturated heterocycles. The molecule has 0 saturated carbocycles. The van der Waals surface area contributed by atoms with Crippen LogP contribution in [0.4, 0.5) is 5.69 Å². The molecule has 1 atom stereocenters. The molecule has 4 rings (SSSR count). The molecule has 1 fully saturated rings. The van der Waals surface area contributed by atoms with Crippen LogP contribution in [0.25, 0.3) is 11.1 Å². The zero-order valence-electron chi connectivity index (χ0n) is 20.7. The van der Waals surface area contributed by atoms with E-state index in [2.05, 4.69) is 17.1 Å². The van der Waals surface area contributed by atoms with E-state index in [-0.39, 0.29) is 17.4 Å². The number of rotatable bonds is 5. The number of benzene rings is 1. The predicted octanol–water partition coefficient (Wildman–Crippen LogP) is 4.10. The van der Waals surface area contributed by atoms with E-state index in [1.165, 1.54) is 6.92 Å². The number of aryl methyl sites for hydroxylation is 1. The number of nitrogens with one attached hydrogen (secondary N) is 1. The first-order chi connectivity index (χ1) is 16.4. The Kier molecular flexibility index (Phi) is 7.00. The van der Waals surface area contributed by atoms with Gasteiger partial charge in [-0.2, -0.15) is 0 Å². The van der Waals surface area contributed by atoms with E-state index in [1.807, 2.05) is 18.2 Å². The van der Waals surface area contributed by atoms with Crippen molar-refractivity contribution < 1.29 is 19.0 Å². The van der Waals surface area contributed by atoms with Gasteiger partial charge in [-0.15, -0.1) is 0 Å². The maximum atomic E-state index is 13.5. The van der Waals surface area contributed by atoms with Crippen LogP contribution in [-0.4, -0.2) is 40.3 Å². The summed E-state index contributed by atoms with van der Waals surface area (Å²) >= 11 is 0. The molecule has 2 aliphatic rings. The highest BCUT2D eigenvalue weighted by Gasteiger charge is 2.30. The van der Waals surface area contributed by atoms with Crippen molar-refractivity contribution in [2.75, 3.05) is 39.3 Å². The minimum absolute atomic E-state index is 0.0333. The molecule has 2 aromatic rings. The molecule has 0 aromatic heterocycles. The lowest BCUT2D eigenvalue weighted by Crippen LogP contribution is -2.35. The van der Waals surface area contributed by atoms with E-state index in [0.717, 1.165) is 48.2 Å². The average Bonchev–Trinajstić information content (AvgIpc) is 3.07. The van der Waals surface area contributed by atoms with Gasteiger partial charge in [0, 0.05) is 25.6 Å². The van der Waals surface area contributed by atoms with Crippen LogP contribution in [0.2, 0.25) is 0 Å². The van der Waals surface area contributed by atoms with Gasteiger partial charge in [-0.3, -0.25) is 9.59 Å². The average molecular weight is 467 g/mol. The second kappa shape index (κ2) is 9.95. The molecule has 1 aliphatic heterocycles. The molecule has 34 heavy (non-hydrogen) atoms. The third-order valence-corrected chi connectivity index (χ3v) is 7.02. The molecule has 1 N–H and O–H groups in total. The van der Waals surface area contributed by atoms with Gasteiger partial charge in [0.15, 0.2) is 11.5 Å². The summed E-state index contributed by atoms with van der Waals surface area (Å²) in [4.78, 5) is 27.7. The zero-order valence-corrected chi connectivity index (χ0v) is 20.7.